The molecular weight excluding hydrogens is 386 g/mol. The zero-order valence-corrected chi connectivity index (χ0v) is 17.5. The van der Waals surface area contributed by atoms with E-state index in [2.05, 4.69) is 10.3 Å². The highest BCUT2D eigenvalue weighted by Gasteiger charge is 2.55. The first-order valence-corrected chi connectivity index (χ1v) is 11.7. The molecule has 1 N–H and O–H groups in total. The molecule has 1 atom stereocenters. The number of rotatable bonds is 6. The van der Waals surface area contributed by atoms with Gasteiger partial charge in [-0.15, -0.1) is 0 Å². The lowest BCUT2D eigenvalue weighted by Gasteiger charge is -2.42. The van der Waals surface area contributed by atoms with Crippen LogP contribution < -0.4 is 5.32 Å². The monoisotopic (exact) mass is 413 g/mol. The van der Waals surface area contributed by atoms with E-state index >= 15 is 0 Å². The lowest BCUT2D eigenvalue weighted by molar-refractivity contribution is -0.129. The number of hydrogen-bond acceptors (Lipinski definition) is 4. The van der Waals surface area contributed by atoms with Crippen molar-refractivity contribution in [1.29, 1.82) is 0 Å². The maximum absolute atomic E-state index is 13.4. The van der Waals surface area contributed by atoms with Gasteiger partial charge in [-0.05, 0) is 48.4 Å². The number of sulfonamides is 1. The van der Waals surface area contributed by atoms with E-state index in [1.807, 2.05) is 37.3 Å². The second-order valence-corrected chi connectivity index (χ2v) is 9.97. The first-order chi connectivity index (χ1) is 14.0. The molecule has 4 rings (SSSR count). The van der Waals surface area contributed by atoms with Crippen LogP contribution in [0.1, 0.15) is 37.4 Å². The van der Waals surface area contributed by atoms with E-state index in [0.29, 0.717) is 24.4 Å². The van der Waals surface area contributed by atoms with Crippen molar-refractivity contribution in [3.05, 3.63) is 59.9 Å². The number of benzene rings is 1. The predicted molar refractivity (Wildman–Crippen MR) is 110 cm³/mol. The third-order valence-electron chi connectivity index (χ3n) is 6.42. The first kappa shape index (κ1) is 20.0. The fourth-order valence-electron chi connectivity index (χ4n) is 4.60. The van der Waals surface area contributed by atoms with E-state index in [1.165, 1.54) is 4.31 Å². The van der Waals surface area contributed by atoms with Crippen molar-refractivity contribution in [2.45, 2.75) is 44.0 Å². The Morgan fingerprint density at radius 1 is 1.21 bits per heavy atom. The van der Waals surface area contributed by atoms with E-state index in [0.717, 1.165) is 30.5 Å². The van der Waals surface area contributed by atoms with Gasteiger partial charge in [-0.2, -0.15) is 4.31 Å². The summed E-state index contributed by atoms with van der Waals surface area (Å²) >= 11 is 0. The van der Waals surface area contributed by atoms with E-state index in [9.17, 15) is 13.2 Å². The van der Waals surface area contributed by atoms with E-state index in [1.54, 1.807) is 18.3 Å². The number of carbonyl (C=O) groups is 1. The second-order valence-electron chi connectivity index (χ2n) is 8.07. The summed E-state index contributed by atoms with van der Waals surface area (Å²) in [5, 5.41) is 2.98. The third kappa shape index (κ3) is 3.69. The highest BCUT2D eigenvalue weighted by atomic mass is 32.2. The van der Waals surface area contributed by atoms with Crippen molar-refractivity contribution in [2.24, 2.45) is 11.3 Å². The van der Waals surface area contributed by atoms with E-state index in [4.69, 9.17) is 0 Å². The smallest absolute Gasteiger partial charge is 0.243 e. The summed E-state index contributed by atoms with van der Waals surface area (Å²) in [5.74, 6) is -0.389. The number of nitrogens with one attached hydrogen (secondary N) is 1. The zero-order valence-electron chi connectivity index (χ0n) is 16.7. The molecular formula is C22H27N3O3S. The number of amides is 1. The van der Waals surface area contributed by atoms with Gasteiger partial charge in [0.15, 0.2) is 0 Å². The van der Waals surface area contributed by atoms with Gasteiger partial charge < -0.3 is 5.32 Å². The van der Waals surface area contributed by atoms with Gasteiger partial charge in [0, 0.05) is 19.3 Å². The van der Waals surface area contributed by atoms with Gasteiger partial charge in [0.2, 0.25) is 15.9 Å². The molecule has 1 aromatic heterocycles. The van der Waals surface area contributed by atoms with Crippen LogP contribution in [0.2, 0.25) is 0 Å². The fraction of sp³-hybridized carbons (Fsp3) is 0.455. The molecule has 1 amide bonds. The van der Waals surface area contributed by atoms with Crippen molar-refractivity contribution in [3.63, 3.8) is 0 Å². The van der Waals surface area contributed by atoms with Crippen LogP contribution in [-0.2, 0) is 27.8 Å². The molecule has 1 spiro atoms. The maximum atomic E-state index is 13.4. The molecule has 1 unspecified atom stereocenters. The number of carbonyl (C=O) groups excluding carboxylic acids is 1. The molecule has 1 aromatic carbocycles. The Morgan fingerprint density at radius 3 is 2.62 bits per heavy atom. The van der Waals surface area contributed by atoms with Gasteiger partial charge >= 0.3 is 0 Å². The van der Waals surface area contributed by atoms with Crippen LogP contribution in [0.4, 0.5) is 0 Å². The number of hydrogen-bond donors (Lipinski definition) is 1. The molecule has 6 nitrogen and oxygen atoms in total. The molecule has 1 saturated heterocycles. The summed E-state index contributed by atoms with van der Waals surface area (Å²) in [6.07, 6.45) is 5.20. The summed E-state index contributed by atoms with van der Waals surface area (Å²) in [6, 6.07) is 12.8. The lowest BCUT2D eigenvalue weighted by Crippen LogP contribution is -2.45. The molecule has 7 heteroatoms. The van der Waals surface area contributed by atoms with Crippen molar-refractivity contribution in [1.82, 2.24) is 14.6 Å². The minimum absolute atomic E-state index is 0.0724. The average molecular weight is 414 g/mol. The normalized spacial score (nSPS) is 21.1. The Morgan fingerprint density at radius 2 is 1.97 bits per heavy atom. The Labute approximate surface area is 172 Å². The molecule has 1 aliphatic heterocycles. The maximum Gasteiger partial charge on any atom is 0.243 e. The largest absolute Gasteiger partial charge is 0.350 e. The van der Waals surface area contributed by atoms with E-state index in [-0.39, 0.29) is 23.8 Å². The zero-order chi connectivity index (χ0) is 20.5. The van der Waals surface area contributed by atoms with Crippen LogP contribution in [0.5, 0.6) is 0 Å². The Kier molecular flexibility index (Phi) is 5.44. The highest BCUT2D eigenvalue weighted by Crippen LogP contribution is 2.52. The Bertz CT molecular complexity index is 987. The summed E-state index contributed by atoms with van der Waals surface area (Å²) in [4.78, 5) is 17.6. The standard InChI is InChI=1S/C22H27N3O3S/c1-2-17-8-3-4-10-20(17)29(27,28)25-15-19(22(16-25)11-7-12-22)21(26)24-14-18-9-5-6-13-23-18/h3-6,8-10,13,19H,2,7,11-12,14-16H2,1H3,(H,24,26). The Hall–Kier alpha value is -2.25. The molecule has 1 aliphatic carbocycles. The molecule has 29 heavy (non-hydrogen) atoms. The van der Waals surface area contributed by atoms with Crippen LogP contribution in [0, 0.1) is 11.3 Å². The summed E-state index contributed by atoms with van der Waals surface area (Å²) in [7, 11) is -3.62. The van der Waals surface area contributed by atoms with Crippen molar-refractivity contribution >= 4 is 15.9 Å². The minimum Gasteiger partial charge on any atom is -0.350 e. The first-order valence-electron chi connectivity index (χ1n) is 10.2. The number of aromatic nitrogens is 1. The van der Waals surface area contributed by atoms with Gasteiger partial charge in [0.1, 0.15) is 0 Å². The molecule has 154 valence electrons. The Balaban J connectivity index is 1.54. The topological polar surface area (TPSA) is 79.4 Å². The van der Waals surface area contributed by atoms with Crippen LogP contribution >= 0.6 is 0 Å². The van der Waals surface area contributed by atoms with Crippen LogP contribution in [0.3, 0.4) is 0 Å². The number of aryl methyl sites for hydroxylation is 1. The third-order valence-corrected chi connectivity index (χ3v) is 8.34. The fourth-order valence-corrected chi connectivity index (χ4v) is 6.44. The quantitative estimate of drug-likeness (QED) is 0.790. The molecule has 2 aliphatic rings. The summed E-state index contributed by atoms with van der Waals surface area (Å²) in [5.41, 5.74) is 1.38. The lowest BCUT2D eigenvalue weighted by atomic mass is 9.62. The van der Waals surface area contributed by atoms with Gasteiger partial charge in [-0.25, -0.2) is 8.42 Å². The van der Waals surface area contributed by atoms with Crippen molar-refractivity contribution in [3.8, 4) is 0 Å². The molecule has 2 heterocycles. The van der Waals surface area contributed by atoms with Gasteiger partial charge in [-0.3, -0.25) is 9.78 Å². The molecule has 0 bridgehead atoms. The van der Waals surface area contributed by atoms with Crippen LogP contribution in [0.15, 0.2) is 53.6 Å². The van der Waals surface area contributed by atoms with Crippen molar-refractivity contribution < 1.29 is 13.2 Å². The minimum atomic E-state index is -3.62. The summed E-state index contributed by atoms with van der Waals surface area (Å²) < 4.78 is 28.3. The molecule has 0 radical (unpaired) electrons. The average Bonchev–Trinajstić information content (AvgIpc) is 3.15. The predicted octanol–water partition coefficient (Wildman–Crippen LogP) is 2.75. The van der Waals surface area contributed by atoms with Crippen molar-refractivity contribution in [2.75, 3.05) is 13.1 Å². The highest BCUT2D eigenvalue weighted by molar-refractivity contribution is 7.89. The number of nitrogens with zero attached hydrogens (tertiary/aromatic N) is 2. The molecule has 2 aromatic rings. The molecule has 1 saturated carbocycles. The van der Waals surface area contributed by atoms with Gasteiger partial charge in [0.25, 0.3) is 0 Å². The SMILES string of the molecule is CCc1ccccc1S(=O)(=O)N1CC(C(=O)NCc2ccccn2)C2(CCC2)C1. The number of pyridine rings is 1. The van der Waals surface area contributed by atoms with Gasteiger partial charge in [0.05, 0.1) is 23.1 Å². The van der Waals surface area contributed by atoms with Crippen LogP contribution in [-0.4, -0.2) is 36.7 Å². The second kappa shape index (κ2) is 7.88. The summed E-state index contributed by atoms with van der Waals surface area (Å²) in [6.45, 7) is 2.99. The molecule has 2 fully saturated rings. The van der Waals surface area contributed by atoms with E-state index < -0.39 is 10.0 Å². The van der Waals surface area contributed by atoms with Gasteiger partial charge in [-0.1, -0.05) is 37.6 Å². The van der Waals surface area contributed by atoms with Crippen LogP contribution in [0.25, 0.3) is 0 Å².